The van der Waals surface area contributed by atoms with Crippen molar-refractivity contribution in [1.29, 1.82) is 0 Å². The van der Waals surface area contributed by atoms with Gasteiger partial charge < -0.3 is 10.6 Å². The topological polar surface area (TPSA) is 58.2 Å². The zero-order valence-electron chi connectivity index (χ0n) is 11.7. The van der Waals surface area contributed by atoms with Crippen LogP contribution in [0.4, 0.5) is 5.69 Å². The van der Waals surface area contributed by atoms with E-state index < -0.39 is 0 Å². The van der Waals surface area contributed by atoms with Crippen molar-refractivity contribution in [2.75, 3.05) is 11.9 Å². The summed E-state index contributed by atoms with van der Waals surface area (Å²) in [6, 6.07) is 7.01. The Morgan fingerprint density at radius 1 is 1.16 bits per heavy atom. The maximum absolute atomic E-state index is 11.9. The van der Waals surface area contributed by atoms with Gasteiger partial charge in [-0.2, -0.15) is 0 Å². The van der Waals surface area contributed by atoms with Crippen LogP contribution in [0.25, 0.3) is 0 Å². The van der Waals surface area contributed by atoms with Gasteiger partial charge in [-0.1, -0.05) is 26.3 Å². The maximum atomic E-state index is 11.9. The summed E-state index contributed by atoms with van der Waals surface area (Å²) in [5.41, 5.74) is 1.24. The van der Waals surface area contributed by atoms with Gasteiger partial charge in [-0.15, -0.1) is 0 Å². The number of amides is 2. The fourth-order valence-electron chi connectivity index (χ4n) is 1.67. The summed E-state index contributed by atoms with van der Waals surface area (Å²) in [4.78, 5) is 23.4. The lowest BCUT2D eigenvalue weighted by Crippen LogP contribution is -2.24. The first-order chi connectivity index (χ1) is 9.17. The van der Waals surface area contributed by atoms with E-state index in [2.05, 4.69) is 17.6 Å². The van der Waals surface area contributed by atoms with Crippen LogP contribution < -0.4 is 10.6 Å². The van der Waals surface area contributed by atoms with Crippen LogP contribution in [0.1, 0.15) is 49.9 Å². The van der Waals surface area contributed by atoms with E-state index >= 15 is 0 Å². The van der Waals surface area contributed by atoms with Gasteiger partial charge in [0, 0.05) is 24.2 Å². The summed E-state index contributed by atoms with van der Waals surface area (Å²) in [5.74, 6) is -0.119. The van der Waals surface area contributed by atoms with E-state index in [4.69, 9.17) is 0 Å². The summed E-state index contributed by atoms with van der Waals surface area (Å²) in [5, 5.41) is 5.64. The summed E-state index contributed by atoms with van der Waals surface area (Å²) >= 11 is 0. The number of carbonyl (C=O) groups excluding carboxylic acids is 2. The van der Waals surface area contributed by atoms with Crippen molar-refractivity contribution in [3.05, 3.63) is 29.8 Å². The lowest BCUT2D eigenvalue weighted by Gasteiger charge is -2.07. The third-order valence-corrected chi connectivity index (χ3v) is 2.70. The molecule has 0 fully saturated rings. The molecule has 0 saturated heterocycles. The smallest absolute Gasteiger partial charge is 0.251 e. The molecule has 104 valence electrons. The molecule has 1 rings (SSSR count). The van der Waals surface area contributed by atoms with Crippen LogP contribution in [0.15, 0.2) is 24.3 Å². The minimum absolute atomic E-state index is 0.0222. The molecule has 0 unspecified atom stereocenters. The highest BCUT2D eigenvalue weighted by Gasteiger charge is 2.06. The van der Waals surface area contributed by atoms with Gasteiger partial charge in [-0.25, -0.2) is 0 Å². The number of carbonyl (C=O) groups is 2. The fourth-order valence-corrected chi connectivity index (χ4v) is 1.67. The molecular formula is C15H22N2O2. The van der Waals surface area contributed by atoms with E-state index in [9.17, 15) is 9.59 Å². The molecule has 0 saturated carbocycles. The Balaban J connectivity index is 2.60. The monoisotopic (exact) mass is 262 g/mol. The lowest BCUT2D eigenvalue weighted by atomic mass is 10.1. The average Bonchev–Trinajstić information content (AvgIpc) is 2.39. The molecule has 2 N–H and O–H groups in total. The van der Waals surface area contributed by atoms with Crippen LogP contribution in [0, 0.1) is 0 Å². The molecule has 0 atom stereocenters. The van der Waals surface area contributed by atoms with Crippen molar-refractivity contribution in [1.82, 2.24) is 5.32 Å². The molecule has 2 amide bonds. The van der Waals surface area contributed by atoms with Gasteiger partial charge in [0.05, 0.1) is 0 Å². The third kappa shape index (κ3) is 5.55. The number of hydrogen-bond donors (Lipinski definition) is 2. The molecule has 0 radical (unpaired) electrons. The van der Waals surface area contributed by atoms with Crippen LogP contribution in [0.2, 0.25) is 0 Å². The molecule has 0 aromatic heterocycles. The molecule has 1 aromatic carbocycles. The molecular weight excluding hydrogens is 240 g/mol. The lowest BCUT2D eigenvalue weighted by molar-refractivity contribution is -0.116. The standard InChI is InChI=1S/C15H22N2O2/c1-3-5-10-16-15(19)12-8-6-9-13(11-12)17-14(18)7-4-2/h6,8-9,11H,3-5,7,10H2,1-2H3,(H,16,19)(H,17,18). The van der Waals surface area contributed by atoms with Gasteiger partial charge >= 0.3 is 0 Å². The van der Waals surface area contributed by atoms with Gasteiger partial charge in [0.15, 0.2) is 0 Å². The zero-order valence-corrected chi connectivity index (χ0v) is 11.7. The van der Waals surface area contributed by atoms with E-state index in [0.29, 0.717) is 24.2 Å². The Morgan fingerprint density at radius 3 is 2.63 bits per heavy atom. The number of rotatable bonds is 7. The number of hydrogen-bond acceptors (Lipinski definition) is 2. The molecule has 0 aliphatic rings. The fraction of sp³-hybridized carbons (Fsp3) is 0.467. The molecule has 0 aliphatic carbocycles. The van der Waals surface area contributed by atoms with Crippen molar-refractivity contribution in [3.63, 3.8) is 0 Å². The number of nitrogens with one attached hydrogen (secondary N) is 2. The second-order valence-electron chi connectivity index (χ2n) is 4.49. The predicted molar refractivity (Wildman–Crippen MR) is 77.2 cm³/mol. The minimum Gasteiger partial charge on any atom is -0.352 e. The second kappa shape index (κ2) is 8.29. The highest BCUT2D eigenvalue weighted by Crippen LogP contribution is 2.11. The number of benzene rings is 1. The first-order valence-electron chi connectivity index (χ1n) is 6.85. The van der Waals surface area contributed by atoms with Crippen molar-refractivity contribution < 1.29 is 9.59 Å². The summed E-state index contributed by atoms with van der Waals surface area (Å²) < 4.78 is 0. The van der Waals surface area contributed by atoms with Gasteiger partial charge in [0.1, 0.15) is 0 Å². The highest BCUT2D eigenvalue weighted by atomic mass is 16.2. The quantitative estimate of drug-likeness (QED) is 0.742. The zero-order chi connectivity index (χ0) is 14.1. The van der Waals surface area contributed by atoms with Crippen molar-refractivity contribution >= 4 is 17.5 Å². The molecule has 0 bridgehead atoms. The van der Waals surface area contributed by atoms with Crippen molar-refractivity contribution in [2.24, 2.45) is 0 Å². The molecule has 1 aromatic rings. The van der Waals surface area contributed by atoms with Gasteiger partial charge in [-0.05, 0) is 31.0 Å². The van der Waals surface area contributed by atoms with E-state index in [-0.39, 0.29) is 11.8 Å². The molecule has 4 nitrogen and oxygen atoms in total. The highest BCUT2D eigenvalue weighted by molar-refractivity contribution is 5.97. The van der Waals surface area contributed by atoms with Gasteiger partial charge in [0.25, 0.3) is 5.91 Å². The normalized spacial score (nSPS) is 10.0. The van der Waals surface area contributed by atoms with Crippen molar-refractivity contribution in [2.45, 2.75) is 39.5 Å². The van der Waals surface area contributed by atoms with Crippen LogP contribution in [0.5, 0.6) is 0 Å². The van der Waals surface area contributed by atoms with E-state index in [0.717, 1.165) is 19.3 Å². The Morgan fingerprint density at radius 2 is 1.95 bits per heavy atom. The minimum atomic E-state index is -0.0972. The first kappa shape index (κ1) is 15.2. The van der Waals surface area contributed by atoms with Crippen LogP contribution in [-0.2, 0) is 4.79 Å². The number of unbranched alkanes of at least 4 members (excludes halogenated alkanes) is 1. The molecule has 0 aliphatic heterocycles. The Kier molecular flexibility index (Phi) is 6.64. The summed E-state index contributed by atoms with van der Waals surface area (Å²) in [6.07, 6.45) is 3.32. The van der Waals surface area contributed by atoms with Crippen LogP contribution >= 0.6 is 0 Å². The van der Waals surface area contributed by atoms with Gasteiger partial charge in [0.2, 0.25) is 5.91 Å². The van der Waals surface area contributed by atoms with Crippen molar-refractivity contribution in [3.8, 4) is 0 Å². The first-order valence-corrected chi connectivity index (χ1v) is 6.85. The Bertz CT molecular complexity index is 430. The van der Waals surface area contributed by atoms with Gasteiger partial charge in [-0.3, -0.25) is 9.59 Å². The van der Waals surface area contributed by atoms with Crippen LogP contribution in [-0.4, -0.2) is 18.4 Å². The maximum Gasteiger partial charge on any atom is 0.251 e. The summed E-state index contributed by atoms with van der Waals surface area (Å²) in [7, 11) is 0. The van der Waals surface area contributed by atoms with E-state index in [1.807, 2.05) is 6.92 Å². The Hall–Kier alpha value is -1.84. The third-order valence-electron chi connectivity index (χ3n) is 2.70. The number of anilines is 1. The molecule has 19 heavy (non-hydrogen) atoms. The SMILES string of the molecule is CCCCNC(=O)c1cccc(NC(=O)CCC)c1. The summed E-state index contributed by atoms with van der Waals surface area (Å²) in [6.45, 7) is 4.72. The Labute approximate surface area is 114 Å². The van der Waals surface area contributed by atoms with E-state index in [1.165, 1.54) is 0 Å². The predicted octanol–water partition coefficient (Wildman–Crippen LogP) is 2.96. The molecule has 0 spiro atoms. The van der Waals surface area contributed by atoms with E-state index in [1.54, 1.807) is 24.3 Å². The van der Waals surface area contributed by atoms with Crippen LogP contribution in [0.3, 0.4) is 0 Å². The molecule has 4 heteroatoms. The average molecular weight is 262 g/mol. The second-order valence-corrected chi connectivity index (χ2v) is 4.49. The largest absolute Gasteiger partial charge is 0.352 e. The molecule has 0 heterocycles.